The fraction of sp³-hybridized carbons (Fsp3) is 0.267. The molecule has 1 heterocycles. The van der Waals surface area contributed by atoms with Crippen LogP contribution in [0.4, 0.5) is 0 Å². The number of rotatable bonds is 4. The minimum absolute atomic E-state index is 0.194. The number of pyridine rings is 1. The number of benzene rings is 1. The maximum Gasteiger partial charge on any atom is 0.137 e. The number of aryl methyl sites for hydroxylation is 1. The minimum Gasteiger partial charge on any atom is -0.492 e. The van der Waals surface area contributed by atoms with Gasteiger partial charge in [0, 0.05) is 10.7 Å². The summed E-state index contributed by atoms with van der Waals surface area (Å²) in [6.07, 6.45) is 3.49. The molecule has 0 saturated carbocycles. The van der Waals surface area contributed by atoms with Gasteiger partial charge in [0.2, 0.25) is 0 Å². The van der Waals surface area contributed by atoms with E-state index in [2.05, 4.69) is 33.9 Å². The first kappa shape index (κ1) is 14.0. The number of ether oxygens (including phenoxy) is 1. The summed E-state index contributed by atoms with van der Waals surface area (Å²) in [6, 6.07) is 7.86. The lowest BCUT2D eigenvalue weighted by atomic mass is 9.97. The third kappa shape index (κ3) is 3.33. The summed E-state index contributed by atoms with van der Waals surface area (Å²) >= 11 is 3.46. The van der Waals surface area contributed by atoms with Crippen LogP contribution in [0.1, 0.15) is 29.7 Å². The van der Waals surface area contributed by atoms with Crippen molar-refractivity contribution >= 4 is 15.9 Å². The summed E-state index contributed by atoms with van der Waals surface area (Å²) in [6.45, 7) is 4.63. The lowest BCUT2D eigenvalue weighted by molar-refractivity contribution is 0.338. The molecule has 0 fully saturated rings. The first-order chi connectivity index (χ1) is 9.11. The summed E-state index contributed by atoms with van der Waals surface area (Å²) in [5, 5.41) is 0. The molecule has 100 valence electrons. The highest BCUT2D eigenvalue weighted by Gasteiger charge is 2.12. The predicted octanol–water partition coefficient (Wildman–Crippen LogP) is 3.60. The van der Waals surface area contributed by atoms with Crippen molar-refractivity contribution < 1.29 is 4.74 Å². The molecule has 0 spiro atoms. The van der Waals surface area contributed by atoms with Crippen LogP contribution in [0, 0.1) is 6.92 Å². The van der Waals surface area contributed by atoms with E-state index in [-0.39, 0.29) is 6.04 Å². The quantitative estimate of drug-likeness (QED) is 0.936. The first-order valence-electron chi connectivity index (χ1n) is 6.21. The van der Waals surface area contributed by atoms with Crippen molar-refractivity contribution in [2.45, 2.75) is 19.9 Å². The van der Waals surface area contributed by atoms with Gasteiger partial charge in [0.15, 0.2) is 0 Å². The van der Waals surface area contributed by atoms with Gasteiger partial charge in [-0.05, 0) is 48.7 Å². The standard InChI is InChI=1S/C15H17BrN2O/c1-3-19-13-7-11(8-18-9-13)15(17)14-5-4-12(16)6-10(14)2/h4-9,15H,3,17H2,1-2H3. The molecule has 0 aliphatic rings. The number of halogens is 1. The second-order valence-electron chi connectivity index (χ2n) is 4.37. The van der Waals surface area contributed by atoms with Crippen molar-refractivity contribution in [2.75, 3.05) is 6.61 Å². The van der Waals surface area contributed by atoms with E-state index < -0.39 is 0 Å². The van der Waals surface area contributed by atoms with Crippen LogP contribution >= 0.6 is 15.9 Å². The van der Waals surface area contributed by atoms with E-state index in [9.17, 15) is 0 Å². The Balaban J connectivity index is 2.32. The Hall–Kier alpha value is -1.39. The van der Waals surface area contributed by atoms with Crippen LogP contribution in [0.5, 0.6) is 5.75 Å². The Bertz CT molecular complexity index is 572. The van der Waals surface area contributed by atoms with Crippen LogP contribution in [0.25, 0.3) is 0 Å². The van der Waals surface area contributed by atoms with Crippen molar-refractivity contribution in [1.82, 2.24) is 4.98 Å². The minimum atomic E-state index is -0.194. The van der Waals surface area contributed by atoms with E-state index in [1.807, 2.05) is 25.1 Å². The number of hydrogen-bond acceptors (Lipinski definition) is 3. The Labute approximate surface area is 121 Å². The van der Waals surface area contributed by atoms with E-state index in [0.717, 1.165) is 26.9 Å². The lowest BCUT2D eigenvalue weighted by Crippen LogP contribution is -2.13. The number of hydrogen-bond donors (Lipinski definition) is 1. The highest BCUT2D eigenvalue weighted by atomic mass is 79.9. The molecule has 0 saturated heterocycles. The molecule has 0 radical (unpaired) electrons. The van der Waals surface area contributed by atoms with Crippen LogP contribution in [0.3, 0.4) is 0 Å². The summed E-state index contributed by atoms with van der Waals surface area (Å²) in [5.74, 6) is 0.755. The van der Waals surface area contributed by atoms with E-state index in [4.69, 9.17) is 10.5 Å². The molecule has 2 rings (SSSR count). The van der Waals surface area contributed by atoms with Gasteiger partial charge in [-0.2, -0.15) is 0 Å². The molecule has 0 bridgehead atoms. The summed E-state index contributed by atoms with van der Waals surface area (Å²) in [7, 11) is 0. The number of nitrogens with two attached hydrogens (primary N) is 1. The lowest BCUT2D eigenvalue weighted by Gasteiger charge is -2.16. The van der Waals surface area contributed by atoms with Gasteiger partial charge in [-0.25, -0.2) is 0 Å². The van der Waals surface area contributed by atoms with Crippen molar-refractivity contribution in [1.29, 1.82) is 0 Å². The second kappa shape index (κ2) is 6.17. The average Bonchev–Trinajstić information content (AvgIpc) is 2.39. The van der Waals surface area contributed by atoms with Crippen molar-refractivity contribution in [2.24, 2.45) is 5.73 Å². The molecular weight excluding hydrogens is 304 g/mol. The monoisotopic (exact) mass is 320 g/mol. The van der Waals surface area contributed by atoms with Gasteiger partial charge in [-0.3, -0.25) is 4.98 Å². The highest BCUT2D eigenvalue weighted by Crippen LogP contribution is 2.26. The molecule has 1 atom stereocenters. The predicted molar refractivity (Wildman–Crippen MR) is 80.3 cm³/mol. The molecule has 4 heteroatoms. The molecule has 1 aromatic heterocycles. The molecule has 0 amide bonds. The Morgan fingerprint density at radius 2 is 2.11 bits per heavy atom. The molecule has 19 heavy (non-hydrogen) atoms. The second-order valence-corrected chi connectivity index (χ2v) is 5.28. The topological polar surface area (TPSA) is 48.1 Å². The summed E-state index contributed by atoms with van der Waals surface area (Å²) in [4.78, 5) is 4.18. The maximum absolute atomic E-state index is 6.32. The summed E-state index contributed by atoms with van der Waals surface area (Å²) in [5.41, 5.74) is 9.53. The van der Waals surface area contributed by atoms with E-state index in [1.165, 1.54) is 0 Å². The largest absolute Gasteiger partial charge is 0.492 e. The average molecular weight is 321 g/mol. The van der Waals surface area contributed by atoms with E-state index in [1.54, 1.807) is 12.4 Å². The van der Waals surface area contributed by atoms with Gasteiger partial charge in [-0.1, -0.05) is 22.0 Å². The van der Waals surface area contributed by atoms with Gasteiger partial charge in [0.25, 0.3) is 0 Å². The van der Waals surface area contributed by atoms with E-state index in [0.29, 0.717) is 6.61 Å². The zero-order valence-corrected chi connectivity index (χ0v) is 12.6. The number of aromatic nitrogens is 1. The van der Waals surface area contributed by atoms with Crippen LogP contribution < -0.4 is 10.5 Å². The maximum atomic E-state index is 6.32. The van der Waals surface area contributed by atoms with Crippen molar-refractivity contribution in [3.8, 4) is 5.75 Å². The zero-order valence-electron chi connectivity index (χ0n) is 11.1. The van der Waals surface area contributed by atoms with Crippen molar-refractivity contribution in [3.05, 3.63) is 57.8 Å². The smallest absolute Gasteiger partial charge is 0.137 e. The van der Waals surface area contributed by atoms with Crippen LogP contribution in [-0.2, 0) is 0 Å². The molecule has 1 aromatic carbocycles. The van der Waals surface area contributed by atoms with Crippen LogP contribution in [0.15, 0.2) is 41.1 Å². The molecule has 1 unspecified atom stereocenters. The fourth-order valence-corrected chi connectivity index (χ4v) is 2.49. The molecule has 2 N–H and O–H groups in total. The molecule has 3 nitrogen and oxygen atoms in total. The SMILES string of the molecule is CCOc1cncc(C(N)c2ccc(Br)cc2C)c1. The third-order valence-electron chi connectivity index (χ3n) is 2.97. The molecule has 2 aromatic rings. The van der Waals surface area contributed by atoms with Gasteiger partial charge in [-0.15, -0.1) is 0 Å². The van der Waals surface area contributed by atoms with Crippen molar-refractivity contribution in [3.63, 3.8) is 0 Å². The molecule has 0 aliphatic heterocycles. The number of nitrogens with zero attached hydrogens (tertiary/aromatic N) is 1. The normalized spacial score (nSPS) is 12.2. The Morgan fingerprint density at radius 1 is 1.32 bits per heavy atom. The Morgan fingerprint density at radius 3 is 2.79 bits per heavy atom. The van der Waals surface area contributed by atoms with Crippen LogP contribution in [0.2, 0.25) is 0 Å². The summed E-state index contributed by atoms with van der Waals surface area (Å²) < 4.78 is 6.51. The molecular formula is C15H17BrN2O. The molecule has 0 aliphatic carbocycles. The van der Waals surface area contributed by atoms with Gasteiger partial charge < -0.3 is 10.5 Å². The first-order valence-corrected chi connectivity index (χ1v) is 7.00. The van der Waals surface area contributed by atoms with Crippen LogP contribution in [-0.4, -0.2) is 11.6 Å². The third-order valence-corrected chi connectivity index (χ3v) is 3.46. The van der Waals surface area contributed by atoms with Gasteiger partial charge in [0.1, 0.15) is 5.75 Å². The Kier molecular flexibility index (Phi) is 4.56. The van der Waals surface area contributed by atoms with Gasteiger partial charge in [0.05, 0.1) is 18.8 Å². The van der Waals surface area contributed by atoms with E-state index >= 15 is 0 Å². The highest BCUT2D eigenvalue weighted by molar-refractivity contribution is 9.10. The fourth-order valence-electron chi connectivity index (χ4n) is 2.02. The zero-order chi connectivity index (χ0) is 13.8. The van der Waals surface area contributed by atoms with Gasteiger partial charge >= 0.3 is 0 Å².